The lowest BCUT2D eigenvalue weighted by Crippen LogP contribution is -2.40. The molecule has 0 amide bonds. The van der Waals surface area contributed by atoms with E-state index >= 15 is 0 Å². The maximum Gasteiger partial charge on any atom is 0.327 e. The number of benzene rings is 1. The van der Waals surface area contributed by atoms with Crippen molar-refractivity contribution in [1.82, 2.24) is 9.97 Å². The number of nitrogens with zero attached hydrogens (tertiary/aromatic N) is 3. The van der Waals surface area contributed by atoms with Crippen molar-refractivity contribution in [2.45, 2.75) is 38.0 Å². The fourth-order valence-electron chi connectivity index (χ4n) is 3.63. The first-order valence-corrected chi connectivity index (χ1v) is 9.04. The molecular formula is C17H14Cl3N3O3. The number of halogens is 3. The van der Waals surface area contributed by atoms with Gasteiger partial charge in [0.05, 0.1) is 10.3 Å². The molecule has 0 aliphatic heterocycles. The summed E-state index contributed by atoms with van der Waals surface area (Å²) in [7, 11) is 0. The van der Waals surface area contributed by atoms with E-state index in [0.29, 0.717) is 11.4 Å². The molecule has 0 N–H and O–H groups in total. The molecule has 0 radical (unpaired) electrons. The normalized spacial score (nSPS) is 19.1. The van der Waals surface area contributed by atoms with Crippen LogP contribution in [-0.2, 0) is 23.1 Å². The zero-order chi connectivity index (χ0) is 19.1. The van der Waals surface area contributed by atoms with Crippen LogP contribution >= 0.6 is 34.8 Å². The van der Waals surface area contributed by atoms with Gasteiger partial charge in [0.1, 0.15) is 11.5 Å². The Kier molecular flexibility index (Phi) is 5.19. The highest BCUT2D eigenvalue weighted by atomic mass is 35.5. The number of Topliss-reactive ketones (excluding diaryl/α,β-unsaturated/α-hetero) is 1. The molecule has 26 heavy (non-hydrogen) atoms. The number of carbonyl (C=O) groups is 1. The van der Waals surface area contributed by atoms with E-state index in [2.05, 4.69) is 9.97 Å². The summed E-state index contributed by atoms with van der Waals surface area (Å²) in [5.74, 6) is -0.110. The summed E-state index contributed by atoms with van der Waals surface area (Å²) in [6.07, 6.45) is 2.13. The number of hydrogen-bond donors (Lipinski definition) is 0. The van der Waals surface area contributed by atoms with Crippen molar-refractivity contribution >= 4 is 46.3 Å². The Morgan fingerprint density at radius 2 is 2.04 bits per heavy atom. The average molecular weight is 415 g/mol. The Bertz CT molecular complexity index is 920. The minimum atomic E-state index is -0.968. The van der Waals surface area contributed by atoms with Gasteiger partial charge in [0, 0.05) is 11.4 Å². The fourth-order valence-corrected chi connectivity index (χ4v) is 4.29. The minimum Gasteiger partial charge on any atom is -0.299 e. The first-order valence-electron chi connectivity index (χ1n) is 7.91. The molecular weight excluding hydrogens is 401 g/mol. The maximum absolute atomic E-state index is 12.7. The van der Waals surface area contributed by atoms with E-state index in [9.17, 15) is 14.9 Å². The molecule has 2 aromatic rings. The maximum atomic E-state index is 12.7. The number of ketones is 1. The summed E-state index contributed by atoms with van der Waals surface area (Å²) in [6.45, 7) is 1.48. The Morgan fingerprint density at radius 1 is 1.31 bits per heavy atom. The number of aromatic nitrogens is 2. The second-order valence-corrected chi connectivity index (χ2v) is 7.44. The highest BCUT2D eigenvalue weighted by Gasteiger charge is 2.43. The van der Waals surface area contributed by atoms with E-state index in [1.165, 1.54) is 6.92 Å². The Morgan fingerprint density at radius 3 is 2.69 bits per heavy atom. The first kappa shape index (κ1) is 19.0. The van der Waals surface area contributed by atoms with Gasteiger partial charge < -0.3 is 0 Å². The smallest absolute Gasteiger partial charge is 0.299 e. The van der Waals surface area contributed by atoms with Gasteiger partial charge in [-0.05, 0) is 61.0 Å². The Balaban J connectivity index is 2.21. The van der Waals surface area contributed by atoms with Crippen molar-refractivity contribution in [2.75, 3.05) is 0 Å². The number of hydrogen-bond acceptors (Lipinski definition) is 5. The van der Waals surface area contributed by atoms with E-state index in [0.717, 1.165) is 24.0 Å². The molecule has 1 atom stereocenters. The number of fused-ring (bicyclic) bond motifs is 1. The Labute approximate surface area is 164 Å². The van der Waals surface area contributed by atoms with Crippen LogP contribution in [0, 0.1) is 10.1 Å². The first-order chi connectivity index (χ1) is 12.2. The third-order valence-electron chi connectivity index (χ3n) is 4.85. The average Bonchev–Trinajstić information content (AvgIpc) is 2.54. The summed E-state index contributed by atoms with van der Waals surface area (Å²) in [6, 6.07) is 5.42. The lowest BCUT2D eigenvalue weighted by Gasteiger charge is -2.37. The fraction of sp³-hybridized carbons (Fsp3) is 0.353. The molecule has 1 aromatic carbocycles. The predicted molar refractivity (Wildman–Crippen MR) is 99.2 cm³/mol. The van der Waals surface area contributed by atoms with E-state index < -0.39 is 16.0 Å². The summed E-state index contributed by atoms with van der Waals surface area (Å²) in [5.41, 5.74) is 0.437. The van der Waals surface area contributed by atoms with Crippen molar-refractivity contribution in [3.8, 4) is 0 Å². The summed E-state index contributed by atoms with van der Waals surface area (Å²) in [4.78, 5) is 31.2. The summed E-state index contributed by atoms with van der Waals surface area (Å²) in [5, 5.41) is 11.4. The zero-order valence-electron chi connectivity index (χ0n) is 13.8. The van der Waals surface area contributed by atoms with Gasteiger partial charge in [-0.15, -0.1) is 0 Å². The van der Waals surface area contributed by atoms with E-state index in [4.69, 9.17) is 34.8 Å². The molecule has 1 aliphatic rings. The third kappa shape index (κ3) is 3.29. The largest absolute Gasteiger partial charge is 0.327 e. The Hall–Kier alpha value is -1.76. The molecule has 0 saturated carbocycles. The third-order valence-corrected chi connectivity index (χ3v) is 5.52. The molecule has 3 rings (SSSR count). The quantitative estimate of drug-likeness (QED) is 0.312. The van der Waals surface area contributed by atoms with Crippen LogP contribution in [0.5, 0.6) is 0 Å². The molecule has 1 unspecified atom stereocenters. The highest BCUT2D eigenvalue weighted by Crippen LogP contribution is 2.43. The van der Waals surface area contributed by atoms with Crippen molar-refractivity contribution in [3.63, 3.8) is 0 Å². The van der Waals surface area contributed by atoms with Gasteiger partial charge in [0.2, 0.25) is 10.4 Å². The lowest BCUT2D eigenvalue weighted by molar-refractivity contribution is -0.386. The van der Waals surface area contributed by atoms with Crippen LogP contribution < -0.4 is 0 Å². The second kappa shape index (κ2) is 7.10. The van der Waals surface area contributed by atoms with E-state index in [1.54, 1.807) is 12.1 Å². The molecule has 6 nitrogen and oxygen atoms in total. The van der Waals surface area contributed by atoms with Gasteiger partial charge in [-0.1, -0.05) is 29.3 Å². The van der Waals surface area contributed by atoms with Crippen LogP contribution in [0.15, 0.2) is 18.2 Å². The monoisotopic (exact) mass is 413 g/mol. The molecule has 136 valence electrons. The van der Waals surface area contributed by atoms with Crippen molar-refractivity contribution < 1.29 is 9.72 Å². The van der Waals surface area contributed by atoms with Gasteiger partial charge in [-0.3, -0.25) is 14.9 Å². The topological polar surface area (TPSA) is 86.0 Å². The highest BCUT2D eigenvalue weighted by molar-refractivity contribution is 6.33. The lowest BCUT2D eigenvalue weighted by atomic mass is 9.65. The molecule has 1 aromatic heterocycles. The van der Waals surface area contributed by atoms with E-state index in [-0.39, 0.29) is 28.3 Å². The number of carbonyl (C=O) groups excluding carboxylic acids is 1. The van der Waals surface area contributed by atoms with Gasteiger partial charge in [0.15, 0.2) is 0 Å². The van der Waals surface area contributed by atoms with Crippen LogP contribution in [0.25, 0.3) is 0 Å². The number of aryl methyl sites for hydroxylation is 1. The SMILES string of the molecule is CC(=O)C1(Cc2nc(Cl)nc(Cl)c2[N+](=O)[O-])CCCc2ccc(Cl)cc21. The van der Waals surface area contributed by atoms with Crippen molar-refractivity contribution in [2.24, 2.45) is 0 Å². The second-order valence-electron chi connectivity index (χ2n) is 6.31. The molecule has 9 heteroatoms. The molecule has 1 heterocycles. The van der Waals surface area contributed by atoms with E-state index in [1.807, 2.05) is 6.07 Å². The summed E-state index contributed by atoms with van der Waals surface area (Å²) >= 11 is 17.9. The standard InChI is InChI=1S/C17H14Cl3N3O3/c1-9(24)17(6-2-3-10-4-5-11(18)7-12(10)17)8-13-14(23(25)26)15(19)22-16(20)21-13/h4-5,7H,2-3,6,8H2,1H3. The van der Waals surface area contributed by atoms with Crippen molar-refractivity contribution in [1.29, 1.82) is 0 Å². The molecule has 0 spiro atoms. The van der Waals surface area contributed by atoms with Gasteiger partial charge in [-0.2, -0.15) is 4.98 Å². The van der Waals surface area contributed by atoms with Crippen LogP contribution in [0.2, 0.25) is 15.5 Å². The van der Waals surface area contributed by atoms with Gasteiger partial charge in [-0.25, -0.2) is 4.98 Å². The van der Waals surface area contributed by atoms with Crippen LogP contribution in [0.3, 0.4) is 0 Å². The summed E-state index contributed by atoms with van der Waals surface area (Å²) < 4.78 is 0. The van der Waals surface area contributed by atoms with Gasteiger partial charge in [0.25, 0.3) is 0 Å². The van der Waals surface area contributed by atoms with Crippen LogP contribution in [0.1, 0.15) is 36.6 Å². The predicted octanol–water partition coefficient (Wildman–Crippen LogP) is 4.75. The van der Waals surface area contributed by atoms with Crippen LogP contribution in [0.4, 0.5) is 5.69 Å². The van der Waals surface area contributed by atoms with Crippen molar-refractivity contribution in [3.05, 3.63) is 60.6 Å². The van der Waals surface area contributed by atoms with Crippen LogP contribution in [-0.4, -0.2) is 20.7 Å². The number of rotatable bonds is 4. The zero-order valence-corrected chi connectivity index (χ0v) is 16.0. The van der Waals surface area contributed by atoms with Gasteiger partial charge >= 0.3 is 5.69 Å². The minimum absolute atomic E-state index is 0.00789. The molecule has 0 fully saturated rings. The molecule has 0 saturated heterocycles. The molecule has 1 aliphatic carbocycles. The number of nitro groups is 1. The molecule has 0 bridgehead atoms.